The first-order valence-corrected chi connectivity index (χ1v) is 5.43. The van der Waals surface area contributed by atoms with Crippen molar-refractivity contribution in [1.82, 2.24) is 0 Å². The van der Waals surface area contributed by atoms with Crippen LogP contribution in [0.1, 0.15) is 40.5 Å². The number of carbonyl (C=O) groups is 1. The van der Waals surface area contributed by atoms with Crippen LogP contribution in [0.2, 0.25) is 0 Å². The van der Waals surface area contributed by atoms with Gasteiger partial charge in [0.05, 0.1) is 18.1 Å². The first-order chi connectivity index (χ1) is 6.90. The van der Waals surface area contributed by atoms with Gasteiger partial charge in [0.2, 0.25) is 0 Å². The molecule has 1 rings (SSSR count). The maximum absolute atomic E-state index is 12.0. The molecule has 0 fully saturated rings. The molecule has 3 heteroatoms. The Balaban J connectivity index is 2.90. The van der Waals surface area contributed by atoms with Gasteiger partial charge in [-0.15, -0.1) is 0 Å². The molecular weight excluding hydrogens is 192 g/mol. The maximum atomic E-state index is 12.0. The molecule has 0 aromatic carbocycles. The Kier molecular flexibility index (Phi) is 3.55. The van der Waals surface area contributed by atoms with Gasteiger partial charge >= 0.3 is 0 Å². The lowest BCUT2D eigenvalue weighted by atomic mass is 9.75. The molecule has 0 amide bonds. The Bertz CT molecular complexity index is 291. The summed E-state index contributed by atoms with van der Waals surface area (Å²) in [4.78, 5) is 12.0. The molecule has 0 unspecified atom stereocenters. The van der Waals surface area contributed by atoms with Gasteiger partial charge in [-0.1, -0.05) is 6.92 Å². The quantitative estimate of drug-likeness (QED) is 0.778. The number of hydrogen-bond donors (Lipinski definition) is 1. The fourth-order valence-corrected chi connectivity index (χ4v) is 1.85. The number of allylic oxidation sites excluding steroid dienone is 2. The van der Waals surface area contributed by atoms with Gasteiger partial charge in [0, 0.05) is 12.0 Å². The van der Waals surface area contributed by atoms with E-state index in [1.54, 1.807) is 6.92 Å². The van der Waals surface area contributed by atoms with Crippen LogP contribution in [0, 0.1) is 5.41 Å². The van der Waals surface area contributed by atoms with E-state index in [-0.39, 0.29) is 18.5 Å². The summed E-state index contributed by atoms with van der Waals surface area (Å²) < 4.78 is 5.59. The van der Waals surface area contributed by atoms with Gasteiger partial charge in [-0.3, -0.25) is 4.79 Å². The number of rotatable bonds is 3. The van der Waals surface area contributed by atoms with Crippen LogP contribution in [-0.2, 0) is 9.53 Å². The second kappa shape index (κ2) is 4.35. The summed E-state index contributed by atoms with van der Waals surface area (Å²) in [6.45, 7) is 7.41. The summed E-state index contributed by atoms with van der Waals surface area (Å²) in [5.74, 6) is 0.813. The lowest BCUT2D eigenvalue weighted by Gasteiger charge is -2.32. The van der Waals surface area contributed by atoms with E-state index in [0.717, 1.165) is 12.2 Å². The molecule has 0 heterocycles. The van der Waals surface area contributed by atoms with E-state index in [1.165, 1.54) is 0 Å². The van der Waals surface area contributed by atoms with Crippen molar-refractivity contribution in [3.63, 3.8) is 0 Å². The number of aliphatic hydroxyl groups excluding tert-OH is 1. The molecule has 0 radical (unpaired) electrons. The average molecular weight is 212 g/mol. The Morgan fingerprint density at radius 3 is 2.60 bits per heavy atom. The van der Waals surface area contributed by atoms with E-state index in [9.17, 15) is 9.90 Å². The Morgan fingerprint density at radius 2 is 2.13 bits per heavy atom. The highest BCUT2D eigenvalue weighted by Crippen LogP contribution is 2.36. The largest absolute Gasteiger partial charge is 0.495 e. The molecule has 0 aliphatic heterocycles. The van der Waals surface area contributed by atoms with Gasteiger partial charge in [-0.2, -0.15) is 0 Å². The maximum Gasteiger partial charge on any atom is 0.170 e. The van der Waals surface area contributed by atoms with Crippen molar-refractivity contribution in [2.45, 2.75) is 46.6 Å². The van der Waals surface area contributed by atoms with Crippen LogP contribution in [0.5, 0.6) is 0 Å². The molecule has 86 valence electrons. The Hall–Kier alpha value is -0.830. The summed E-state index contributed by atoms with van der Waals surface area (Å²) >= 11 is 0. The van der Waals surface area contributed by atoms with Crippen LogP contribution >= 0.6 is 0 Å². The average Bonchev–Trinajstić information content (AvgIpc) is 2.19. The second-order valence-corrected chi connectivity index (χ2v) is 4.76. The number of ketones is 1. The van der Waals surface area contributed by atoms with Crippen LogP contribution in [-0.4, -0.2) is 23.6 Å². The molecule has 1 aliphatic carbocycles. The van der Waals surface area contributed by atoms with E-state index in [2.05, 4.69) is 0 Å². The third-order valence-electron chi connectivity index (χ3n) is 2.94. The highest BCUT2D eigenvalue weighted by atomic mass is 16.5. The zero-order valence-electron chi connectivity index (χ0n) is 9.96. The highest BCUT2D eigenvalue weighted by Gasteiger charge is 2.38. The third kappa shape index (κ3) is 2.40. The molecule has 0 spiro atoms. The fourth-order valence-electron chi connectivity index (χ4n) is 1.85. The van der Waals surface area contributed by atoms with E-state index in [0.29, 0.717) is 12.0 Å². The van der Waals surface area contributed by atoms with E-state index in [4.69, 9.17) is 4.74 Å². The van der Waals surface area contributed by atoms with Crippen molar-refractivity contribution in [2.75, 3.05) is 6.61 Å². The summed E-state index contributed by atoms with van der Waals surface area (Å²) in [5, 5.41) is 9.22. The lowest BCUT2D eigenvalue weighted by molar-refractivity contribution is -0.128. The Morgan fingerprint density at radius 1 is 1.53 bits per heavy atom. The standard InChI is InChI=1S/C12H20O3/c1-8(2)15-10-5-6-12(4,7-13)11(14)9(10)3/h8,13H,5-7H2,1-4H3/t12-/m1/s1. The number of hydrogen-bond acceptors (Lipinski definition) is 3. The number of ether oxygens (including phenoxy) is 1. The van der Waals surface area contributed by atoms with Crippen molar-refractivity contribution in [3.05, 3.63) is 11.3 Å². The molecule has 15 heavy (non-hydrogen) atoms. The van der Waals surface area contributed by atoms with Crippen molar-refractivity contribution in [2.24, 2.45) is 5.41 Å². The van der Waals surface area contributed by atoms with Crippen LogP contribution in [0.4, 0.5) is 0 Å². The van der Waals surface area contributed by atoms with Gasteiger partial charge in [0.1, 0.15) is 5.76 Å². The number of carbonyl (C=O) groups excluding carboxylic acids is 1. The molecular formula is C12H20O3. The summed E-state index contributed by atoms with van der Waals surface area (Å²) in [5.41, 5.74) is 0.0694. The van der Waals surface area contributed by atoms with Gasteiger partial charge in [0.15, 0.2) is 5.78 Å². The van der Waals surface area contributed by atoms with Crippen molar-refractivity contribution >= 4 is 5.78 Å². The fraction of sp³-hybridized carbons (Fsp3) is 0.750. The normalized spacial score (nSPS) is 27.5. The van der Waals surface area contributed by atoms with Crippen molar-refractivity contribution in [1.29, 1.82) is 0 Å². The molecule has 0 aromatic heterocycles. The summed E-state index contributed by atoms with van der Waals surface area (Å²) in [7, 11) is 0. The predicted molar refractivity (Wildman–Crippen MR) is 58.4 cm³/mol. The molecule has 3 nitrogen and oxygen atoms in total. The predicted octanol–water partition coefficient (Wildman–Crippen LogP) is 2.05. The molecule has 0 bridgehead atoms. The van der Waals surface area contributed by atoms with Gasteiger partial charge in [0.25, 0.3) is 0 Å². The molecule has 0 saturated carbocycles. The highest BCUT2D eigenvalue weighted by molar-refractivity contribution is 6.00. The van der Waals surface area contributed by atoms with Crippen LogP contribution in [0.3, 0.4) is 0 Å². The monoisotopic (exact) mass is 212 g/mol. The van der Waals surface area contributed by atoms with E-state index in [1.807, 2.05) is 20.8 Å². The first kappa shape index (κ1) is 12.2. The van der Waals surface area contributed by atoms with Crippen molar-refractivity contribution < 1.29 is 14.6 Å². The SMILES string of the molecule is CC1=C(OC(C)C)CC[C@](C)(CO)C1=O. The lowest BCUT2D eigenvalue weighted by Crippen LogP contribution is -2.36. The first-order valence-electron chi connectivity index (χ1n) is 5.43. The van der Waals surface area contributed by atoms with Gasteiger partial charge in [-0.25, -0.2) is 0 Å². The molecule has 1 atom stereocenters. The third-order valence-corrected chi connectivity index (χ3v) is 2.94. The smallest absolute Gasteiger partial charge is 0.170 e. The summed E-state index contributed by atoms with van der Waals surface area (Å²) in [6, 6.07) is 0. The molecule has 1 aliphatic rings. The van der Waals surface area contributed by atoms with Gasteiger partial charge in [-0.05, 0) is 27.2 Å². The van der Waals surface area contributed by atoms with Crippen LogP contribution in [0.25, 0.3) is 0 Å². The van der Waals surface area contributed by atoms with Crippen LogP contribution < -0.4 is 0 Å². The molecule has 0 saturated heterocycles. The number of Topliss-reactive ketones (excluding diaryl/α,β-unsaturated/α-hetero) is 1. The minimum absolute atomic E-state index is 0.0203. The number of aliphatic hydroxyl groups is 1. The minimum Gasteiger partial charge on any atom is -0.495 e. The topological polar surface area (TPSA) is 46.5 Å². The van der Waals surface area contributed by atoms with Gasteiger partial charge < -0.3 is 9.84 Å². The zero-order chi connectivity index (χ0) is 11.6. The molecule has 0 aromatic rings. The van der Waals surface area contributed by atoms with Crippen LogP contribution in [0.15, 0.2) is 11.3 Å². The van der Waals surface area contributed by atoms with E-state index >= 15 is 0 Å². The van der Waals surface area contributed by atoms with E-state index < -0.39 is 5.41 Å². The minimum atomic E-state index is -0.603. The molecule has 1 N–H and O–H groups in total. The van der Waals surface area contributed by atoms with Crippen molar-refractivity contribution in [3.8, 4) is 0 Å². The summed E-state index contributed by atoms with van der Waals surface area (Å²) in [6.07, 6.45) is 1.51. The second-order valence-electron chi connectivity index (χ2n) is 4.76. The Labute approximate surface area is 91.1 Å². The zero-order valence-corrected chi connectivity index (χ0v) is 9.96.